The number of rotatable bonds is 5. The van der Waals surface area contributed by atoms with Crippen molar-refractivity contribution in [2.45, 2.75) is 0 Å². The van der Waals surface area contributed by atoms with E-state index in [0.717, 1.165) is 72.2 Å². The topological polar surface area (TPSA) is 42.4 Å². The van der Waals surface area contributed by atoms with Crippen LogP contribution in [0.15, 0.2) is 167 Å². The standard InChI is InChI=1S/C43H26N2O2S/c1-3-12-28(13-4-1)43-44-34-26-33(42-40(41(34)47-43)32-17-8-10-21-38(32)48-42)27-22-24-30(25-23-27)45(29-14-5-2-6-15-29)35-18-11-20-37-39(35)31-16-7-9-19-36(31)46-37/h1-26H. The lowest BCUT2D eigenvalue weighted by atomic mass is 10.0. The van der Waals surface area contributed by atoms with Crippen LogP contribution in [0.4, 0.5) is 17.1 Å². The maximum absolute atomic E-state index is 6.51. The van der Waals surface area contributed by atoms with Crippen molar-refractivity contribution in [1.82, 2.24) is 4.98 Å². The molecule has 7 aromatic carbocycles. The Bertz CT molecular complexity index is 2780. The smallest absolute Gasteiger partial charge is 0.227 e. The molecule has 0 amide bonds. The minimum absolute atomic E-state index is 0.633. The highest BCUT2D eigenvalue weighted by atomic mass is 32.1. The van der Waals surface area contributed by atoms with E-state index in [1.54, 1.807) is 11.3 Å². The number of oxazole rings is 1. The van der Waals surface area contributed by atoms with Gasteiger partial charge in [-0.2, -0.15) is 0 Å². The van der Waals surface area contributed by atoms with Gasteiger partial charge in [-0.3, -0.25) is 0 Å². The minimum Gasteiger partial charge on any atom is -0.456 e. The van der Waals surface area contributed by atoms with Gasteiger partial charge < -0.3 is 13.7 Å². The molecule has 0 aliphatic rings. The van der Waals surface area contributed by atoms with Crippen molar-refractivity contribution in [3.05, 3.63) is 158 Å². The summed E-state index contributed by atoms with van der Waals surface area (Å²) in [5.41, 5.74) is 9.88. The van der Waals surface area contributed by atoms with Crippen LogP contribution in [0, 0.1) is 0 Å². The second kappa shape index (κ2) is 10.7. The van der Waals surface area contributed by atoms with Crippen molar-refractivity contribution in [3.8, 4) is 22.6 Å². The van der Waals surface area contributed by atoms with E-state index in [2.05, 4.69) is 114 Å². The first-order valence-electron chi connectivity index (χ1n) is 16.0. The van der Waals surface area contributed by atoms with Crippen molar-refractivity contribution in [1.29, 1.82) is 0 Å². The lowest BCUT2D eigenvalue weighted by Gasteiger charge is -2.26. The summed E-state index contributed by atoms with van der Waals surface area (Å²) >= 11 is 1.80. The maximum Gasteiger partial charge on any atom is 0.227 e. The van der Waals surface area contributed by atoms with Gasteiger partial charge in [-0.05, 0) is 72.3 Å². The third kappa shape index (κ3) is 4.18. The zero-order valence-electron chi connectivity index (χ0n) is 25.6. The molecule has 4 nitrogen and oxygen atoms in total. The number of aromatic nitrogens is 1. The van der Waals surface area contributed by atoms with Gasteiger partial charge in [-0.1, -0.05) is 91.0 Å². The van der Waals surface area contributed by atoms with Crippen LogP contribution in [-0.2, 0) is 0 Å². The van der Waals surface area contributed by atoms with Gasteiger partial charge in [-0.15, -0.1) is 11.3 Å². The second-order valence-electron chi connectivity index (χ2n) is 11.9. The number of fused-ring (bicyclic) bond motifs is 8. The van der Waals surface area contributed by atoms with E-state index >= 15 is 0 Å². The summed E-state index contributed by atoms with van der Waals surface area (Å²) in [5, 5.41) is 4.50. The molecule has 3 heterocycles. The van der Waals surface area contributed by atoms with E-state index < -0.39 is 0 Å². The van der Waals surface area contributed by atoms with Crippen molar-refractivity contribution in [2.24, 2.45) is 0 Å². The molecule has 226 valence electrons. The summed E-state index contributed by atoms with van der Waals surface area (Å²) in [6, 6.07) is 54.8. The van der Waals surface area contributed by atoms with Crippen LogP contribution in [0.25, 0.3) is 75.8 Å². The molecule has 48 heavy (non-hydrogen) atoms. The molecular weight excluding hydrogens is 609 g/mol. The second-order valence-corrected chi connectivity index (χ2v) is 13.0. The molecule has 5 heteroatoms. The molecule has 0 unspecified atom stereocenters. The molecule has 0 spiro atoms. The summed E-state index contributed by atoms with van der Waals surface area (Å²) in [6.45, 7) is 0. The largest absolute Gasteiger partial charge is 0.456 e. The first-order valence-corrected chi connectivity index (χ1v) is 16.8. The summed E-state index contributed by atoms with van der Waals surface area (Å²) in [6.07, 6.45) is 0. The third-order valence-corrected chi connectivity index (χ3v) is 10.3. The van der Waals surface area contributed by atoms with Crippen molar-refractivity contribution < 1.29 is 8.83 Å². The van der Waals surface area contributed by atoms with Crippen molar-refractivity contribution >= 4 is 81.6 Å². The van der Waals surface area contributed by atoms with E-state index in [1.807, 2.05) is 48.5 Å². The number of nitrogens with zero attached hydrogens (tertiary/aromatic N) is 2. The van der Waals surface area contributed by atoms with Crippen molar-refractivity contribution in [3.63, 3.8) is 0 Å². The monoisotopic (exact) mass is 634 g/mol. The van der Waals surface area contributed by atoms with Crippen LogP contribution in [0.2, 0.25) is 0 Å². The summed E-state index contributed by atoms with van der Waals surface area (Å²) in [4.78, 5) is 7.32. The Hall–Kier alpha value is -6.17. The van der Waals surface area contributed by atoms with Gasteiger partial charge in [0.25, 0.3) is 0 Å². The molecule has 0 saturated heterocycles. The number of hydrogen-bond acceptors (Lipinski definition) is 5. The molecule has 10 rings (SSSR count). The molecule has 0 aliphatic heterocycles. The zero-order chi connectivity index (χ0) is 31.6. The molecule has 0 radical (unpaired) electrons. The summed E-state index contributed by atoms with van der Waals surface area (Å²) in [7, 11) is 0. The minimum atomic E-state index is 0.633. The number of hydrogen-bond donors (Lipinski definition) is 0. The van der Waals surface area contributed by atoms with Gasteiger partial charge in [0.05, 0.1) is 11.1 Å². The average molecular weight is 635 g/mol. The fraction of sp³-hybridized carbons (Fsp3) is 0. The first kappa shape index (κ1) is 27.0. The van der Waals surface area contributed by atoms with E-state index in [4.69, 9.17) is 13.8 Å². The van der Waals surface area contributed by atoms with Crippen LogP contribution in [0.3, 0.4) is 0 Å². The normalized spacial score (nSPS) is 11.8. The molecular formula is C43H26N2O2S. The van der Waals surface area contributed by atoms with Crippen LogP contribution < -0.4 is 4.90 Å². The Morgan fingerprint density at radius 1 is 0.521 bits per heavy atom. The quantitative estimate of drug-likeness (QED) is 0.189. The van der Waals surface area contributed by atoms with Gasteiger partial charge in [0.2, 0.25) is 5.89 Å². The van der Waals surface area contributed by atoms with Gasteiger partial charge in [0.1, 0.15) is 16.7 Å². The highest BCUT2D eigenvalue weighted by Crippen LogP contribution is 2.47. The Morgan fingerprint density at radius 3 is 2.04 bits per heavy atom. The van der Waals surface area contributed by atoms with E-state index in [1.165, 1.54) is 14.8 Å². The summed E-state index contributed by atoms with van der Waals surface area (Å²) < 4.78 is 15.2. The molecule has 0 atom stereocenters. The highest BCUT2D eigenvalue weighted by Gasteiger charge is 2.22. The van der Waals surface area contributed by atoms with E-state index in [9.17, 15) is 0 Å². The number of para-hydroxylation sites is 2. The number of furan rings is 1. The fourth-order valence-corrected chi connectivity index (χ4v) is 8.17. The van der Waals surface area contributed by atoms with Crippen LogP contribution in [0.5, 0.6) is 0 Å². The third-order valence-electron chi connectivity index (χ3n) is 9.09. The summed E-state index contributed by atoms with van der Waals surface area (Å²) in [5.74, 6) is 0.633. The molecule has 3 aromatic heterocycles. The molecule has 10 aromatic rings. The number of anilines is 3. The molecule has 0 saturated carbocycles. The molecule has 0 fully saturated rings. The lowest BCUT2D eigenvalue weighted by Crippen LogP contribution is -2.10. The molecule has 0 N–H and O–H groups in total. The predicted octanol–water partition coefficient (Wildman–Crippen LogP) is 12.9. The number of thiophene rings is 1. The van der Waals surface area contributed by atoms with Gasteiger partial charge in [0, 0.05) is 48.1 Å². The maximum atomic E-state index is 6.51. The van der Waals surface area contributed by atoms with E-state index in [-0.39, 0.29) is 0 Å². The zero-order valence-corrected chi connectivity index (χ0v) is 26.4. The van der Waals surface area contributed by atoms with Crippen molar-refractivity contribution in [2.75, 3.05) is 4.90 Å². The Labute approximate surface area is 279 Å². The van der Waals surface area contributed by atoms with Crippen LogP contribution >= 0.6 is 11.3 Å². The average Bonchev–Trinajstić information content (AvgIpc) is 3.86. The molecule has 0 bridgehead atoms. The van der Waals surface area contributed by atoms with Gasteiger partial charge >= 0.3 is 0 Å². The van der Waals surface area contributed by atoms with Gasteiger partial charge in [-0.25, -0.2) is 4.98 Å². The van der Waals surface area contributed by atoms with Crippen LogP contribution in [0.1, 0.15) is 0 Å². The van der Waals surface area contributed by atoms with Gasteiger partial charge in [0.15, 0.2) is 5.58 Å². The Balaban J connectivity index is 1.16. The Morgan fingerprint density at radius 2 is 1.21 bits per heavy atom. The number of benzene rings is 7. The lowest BCUT2D eigenvalue weighted by molar-refractivity contribution is 0.623. The van der Waals surface area contributed by atoms with Crippen LogP contribution in [-0.4, -0.2) is 4.98 Å². The highest BCUT2D eigenvalue weighted by molar-refractivity contribution is 7.26. The fourth-order valence-electron chi connectivity index (χ4n) is 6.93. The first-order chi connectivity index (χ1) is 23.8. The SMILES string of the molecule is c1ccc(-c2nc3cc(-c4ccc(N(c5ccccc5)c5cccc6oc7ccccc7c56)cc4)c4sc5ccccc5c4c3o2)cc1. The predicted molar refractivity (Wildman–Crippen MR) is 200 cm³/mol. The Kier molecular flexibility index (Phi) is 6.01. The molecule has 0 aliphatic carbocycles. The van der Waals surface area contributed by atoms with E-state index in [0.29, 0.717) is 5.89 Å².